The Hall–Kier alpha value is -20.1. The van der Waals surface area contributed by atoms with E-state index in [2.05, 4.69) is 115 Å². The Balaban J connectivity index is 0.000000134. The van der Waals surface area contributed by atoms with Crippen LogP contribution in [0.4, 0.5) is 46.0 Å². The Morgan fingerprint density at radius 3 is 0.898 bits per heavy atom. The van der Waals surface area contributed by atoms with Crippen molar-refractivity contribution in [2.24, 2.45) is 0 Å². The summed E-state index contributed by atoms with van der Waals surface area (Å²) in [6, 6.07) is 72.8. The molecule has 0 saturated heterocycles. The molecule has 4 atom stereocenters. The molecule has 0 saturated carbocycles. The molecular weight excluding hydrogens is 1850 g/mol. The molecule has 8 aromatic carbocycles. The van der Waals surface area contributed by atoms with Gasteiger partial charge in [-0.15, -0.1) is 0 Å². The first-order chi connectivity index (χ1) is 71.4. The molecule has 147 heavy (non-hydrogen) atoms. The predicted molar refractivity (Wildman–Crippen MR) is 569 cm³/mol. The largest absolute Gasteiger partial charge is 0.495 e. The van der Waals surface area contributed by atoms with Gasteiger partial charge in [0.2, 0.25) is 28.6 Å². The molecular formula is C113H93N27O7. The first-order valence-corrected chi connectivity index (χ1v) is 46.3. The number of nitrogens with zero attached hydrogens (tertiary/aromatic N) is 23. The highest BCUT2D eigenvalue weighted by atomic mass is 16.5. The lowest BCUT2D eigenvalue weighted by atomic mass is 10.0. The minimum absolute atomic E-state index is 0.154. The standard InChI is InChI=1S/C29H24N6O2.2C28H23N7O2.C28H23N7O/c1-18(33-28-25(30-3)17-31-19(2)34-28)26-15-20-9-8-12-23(24-14-13-22(37-4)16-32-24)27(20)29(36)35(26)21-10-6-5-7-11-21;1-17(33-27-23(29-3)16-30-18(2)34-27)24-13-19-9-8-12-22(26-31-14-21(37-4)15-32-26)25(19)28(36)35(24)20-10-6-5-7-11-20;1-17(33-27-23(29-3)15-30-18(2)34-27)24-13-19-9-8-12-21(22-14-32-25(37-4)16-31-22)26(19)28(36)35(24)20-10-6-5-7-11-20;1-17-13-23(32-16-31-17)22-12-8-9-20-14-25(18(2)33-27-24(29-4)15-30-19(3)34-27)35(28(36)26(20)22)21-10-6-5-7-11-21/h5-18H,1-2,4H3,(H,31,33,34);2*5-17H,1-2,4H3,(H,30,33,34);5-16,18H,1-3H3,(H,30,33,34)/t18-;2*17-;18-/m0000/s1. The number of methoxy groups -OCH3 is 3. The molecule has 34 nitrogen and oxygen atoms in total. The molecule has 0 aliphatic rings. The number of nitrogens with one attached hydrogen (secondary N) is 4. The van der Waals surface area contributed by atoms with Crippen molar-refractivity contribution in [3.8, 4) is 85.3 Å². The van der Waals surface area contributed by atoms with E-state index >= 15 is 0 Å². The second-order valence-corrected chi connectivity index (χ2v) is 33.8. The first-order valence-electron chi connectivity index (χ1n) is 46.3. The summed E-state index contributed by atoms with van der Waals surface area (Å²) >= 11 is 0. The maximum Gasteiger partial charge on any atom is 0.264 e. The van der Waals surface area contributed by atoms with Crippen LogP contribution in [0.25, 0.3) is 130 Å². The van der Waals surface area contributed by atoms with Crippen LogP contribution in [-0.4, -0.2) is 114 Å². The van der Waals surface area contributed by atoms with Gasteiger partial charge in [0, 0.05) is 98.3 Å². The predicted octanol–water partition coefficient (Wildman–Crippen LogP) is 22.0. The number of hydrogen-bond donors (Lipinski definition) is 4. The van der Waals surface area contributed by atoms with Crippen molar-refractivity contribution >= 4 is 89.1 Å². The lowest BCUT2D eigenvalue weighted by molar-refractivity contribution is 0.396. The second-order valence-electron chi connectivity index (χ2n) is 33.8. The van der Waals surface area contributed by atoms with Crippen LogP contribution in [0.2, 0.25) is 0 Å². The van der Waals surface area contributed by atoms with Gasteiger partial charge in [0.05, 0.1) is 141 Å². The van der Waals surface area contributed by atoms with E-state index in [1.807, 2.05) is 271 Å². The third-order valence-electron chi connectivity index (χ3n) is 24.1. The molecule has 20 aromatic rings. The van der Waals surface area contributed by atoms with E-state index in [4.69, 9.17) is 40.5 Å². The average molecular weight is 1940 g/mol. The Morgan fingerprint density at radius 1 is 0.286 bits per heavy atom. The van der Waals surface area contributed by atoms with Gasteiger partial charge in [-0.2, -0.15) is 0 Å². The Kier molecular flexibility index (Phi) is 29.6. The number of para-hydroxylation sites is 4. The van der Waals surface area contributed by atoms with Crippen molar-refractivity contribution in [1.82, 2.24) is 93.0 Å². The van der Waals surface area contributed by atoms with Crippen LogP contribution in [0.5, 0.6) is 17.4 Å². The molecule has 722 valence electrons. The Morgan fingerprint density at radius 2 is 0.599 bits per heavy atom. The molecule has 20 rings (SSSR count). The first kappa shape index (κ1) is 98.5. The van der Waals surface area contributed by atoms with Gasteiger partial charge in [-0.05, 0) is 175 Å². The van der Waals surface area contributed by atoms with Crippen LogP contribution in [0, 0.1) is 60.9 Å². The maximum atomic E-state index is 14.2. The molecule has 34 heteroatoms. The van der Waals surface area contributed by atoms with Crippen LogP contribution < -0.4 is 57.7 Å². The molecule has 0 spiro atoms. The van der Waals surface area contributed by atoms with Crippen molar-refractivity contribution < 1.29 is 14.2 Å². The van der Waals surface area contributed by atoms with Crippen molar-refractivity contribution in [1.29, 1.82) is 0 Å². The zero-order chi connectivity index (χ0) is 103. The number of fused-ring (bicyclic) bond motifs is 4. The molecule has 0 bridgehead atoms. The molecule has 0 unspecified atom stereocenters. The summed E-state index contributed by atoms with van der Waals surface area (Å²) in [6.07, 6.45) is 15.4. The molecule has 0 fully saturated rings. The monoisotopic (exact) mass is 1940 g/mol. The molecule has 4 N–H and O–H groups in total. The van der Waals surface area contributed by atoms with Crippen LogP contribution in [0.15, 0.2) is 318 Å². The fourth-order valence-electron chi connectivity index (χ4n) is 17.1. The van der Waals surface area contributed by atoms with Gasteiger partial charge in [0.1, 0.15) is 58.6 Å². The summed E-state index contributed by atoms with van der Waals surface area (Å²) < 4.78 is 22.3. The van der Waals surface area contributed by atoms with Crippen molar-refractivity contribution in [2.75, 3.05) is 42.6 Å². The number of aromatic nitrogens is 19. The van der Waals surface area contributed by atoms with Crippen LogP contribution in [0.1, 0.15) is 104 Å². The van der Waals surface area contributed by atoms with E-state index in [9.17, 15) is 19.2 Å². The molecule has 12 aromatic heterocycles. The minimum atomic E-state index is -0.368. The van der Waals surface area contributed by atoms with Gasteiger partial charge in [-0.25, -0.2) is 69.2 Å². The molecule has 0 radical (unpaired) electrons. The van der Waals surface area contributed by atoms with E-state index in [0.29, 0.717) is 159 Å². The molecule has 12 heterocycles. The SMILES string of the molecule is [C-]#[N+]c1cnc(C)nc1N[C@@H](C)c1cc2cccc(-c3cc(C)ncn3)c2c(=O)n1-c1ccccc1.[C-]#[N+]c1cnc(C)nc1N[C@@H](C)c1cc2cccc(-c3ccc(OC)cn3)c2c(=O)n1-c1ccccc1.[C-]#[N+]c1cnc(C)nc1N[C@@H](C)c1cc2cccc(-c3cnc(OC)cn3)c2c(=O)n1-c1ccccc1.[C-]#[N+]c1cnc(C)nc1N[C@@H](C)c1cc2cccc(-c3ncc(OC)cn3)c2c(=O)n1-c1ccccc1. The van der Waals surface area contributed by atoms with Gasteiger partial charge in [-0.3, -0.25) is 62.4 Å². The number of aryl methyl sites for hydroxylation is 5. The van der Waals surface area contributed by atoms with Crippen molar-refractivity contribution in [2.45, 2.75) is 86.5 Å². The number of pyridine rings is 5. The quantitative estimate of drug-likeness (QED) is 0.0432. The molecule has 0 aliphatic carbocycles. The van der Waals surface area contributed by atoms with E-state index in [1.165, 1.54) is 44.4 Å². The summed E-state index contributed by atoms with van der Waals surface area (Å²) in [6.45, 7) is 46.7. The zero-order valence-corrected chi connectivity index (χ0v) is 81.7. The van der Waals surface area contributed by atoms with Gasteiger partial charge in [-0.1, -0.05) is 146 Å². The van der Waals surface area contributed by atoms with Crippen LogP contribution in [0.3, 0.4) is 0 Å². The number of hydrogen-bond acceptors (Lipinski definition) is 26. The van der Waals surface area contributed by atoms with Crippen molar-refractivity contribution in [3.63, 3.8) is 0 Å². The van der Waals surface area contributed by atoms with E-state index < -0.39 is 0 Å². The van der Waals surface area contributed by atoms with Crippen molar-refractivity contribution in [3.05, 3.63) is 438 Å². The number of rotatable bonds is 23. The fraction of sp³-hybridized carbons (Fsp3) is 0.142. The van der Waals surface area contributed by atoms with E-state index in [1.54, 1.807) is 85.0 Å². The van der Waals surface area contributed by atoms with Gasteiger partial charge < -0.3 is 35.5 Å². The highest BCUT2D eigenvalue weighted by Crippen LogP contribution is 2.39. The molecule has 0 amide bonds. The molecule has 0 aliphatic heterocycles. The average Bonchev–Trinajstić information content (AvgIpc) is 0.760. The summed E-state index contributed by atoms with van der Waals surface area (Å²) in [4.78, 5) is 136. The third-order valence-corrected chi connectivity index (χ3v) is 24.1. The topological polar surface area (TPSA) is 375 Å². The number of ether oxygens (including phenoxy) is 3. The number of anilines is 4. The van der Waals surface area contributed by atoms with Gasteiger partial charge in [0.15, 0.2) is 11.6 Å². The minimum Gasteiger partial charge on any atom is -0.495 e. The normalized spacial score (nSPS) is 11.6. The summed E-state index contributed by atoms with van der Waals surface area (Å²) in [5.41, 5.74) is 11.9. The highest BCUT2D eigenvalue weighted by Gasteiger charge is 2.28. The maximum absolute atomic E-state index is 14.2. The Bertz CT molecular complexity index is 8190. The summed E-state index contributed by atoms with van der Waals surface area (Å²) in [5, 5.41) is 18.6. The van der Waals surface area contributed by atoms with Crippen LogP contribution in [-0.2, 0) is 0 Å². The van der Waals surface area contributed by atoms with Gasteiger partial charge >= 0.3 is 0 Å². The fourth-order valence-corrected chi connectivity index (χ4v) is 17.1. The Labute approximate surface area is 843 Å². The number of benzene rings is 8. The summed E-state index contributed by atoms with van der Waals surface area (Å²) in [5.74, 6) is 5.91. The zero-order valence-electron chi connectivity index (χ0n) is 81.7. The lowest BCUT2D eigenvalue weighted by Crippen LogP contribution is -2.26. The lowest BCUT2D eigenvalue weighted by Gasteiger charge is -2.22. The smallest absolute Gasteiger partial charge is 0.264 e. The van der Waals surface area contributed by atoms with E-state index in [-0.39, 0.29) is 46.4 Å². The van der Waals surface area contributed by atoms with Gasteiger partial charge in [0.25, 0.3) is 22.2 Å². The second kappa shape index (κ2) is 44.1. The summed E-state index contributed by atoms with van der Waals surface area (Å²) in [7, 11) is 4.67. The van der Waals surface area contributed by atoms with Crippen LogP contribution >= 0.6 is 0 Å². The van der Waals surface area contributed by atoms with E-state index in [0.717, 1.165) is 66.8 Å². The highest BCUT2D eigenvalue weighted by molar-refractivity contribution is 5.99. The third kappa shape index (κ3) is 21.2.